The first-order valence-corrected chi connectivity index (χ1v) is 8.29. The fourth-order valence-electron chi connectivity index (χ4n) is 3.20. The normalized spacial score (nSPS) is 20.3. The van der Waals surface area contributed by atoms with Crippen molar-refractivity contribution in [2.45, 2.75) is 37.8 Å². The van der Waals surface area contributed by atoms with Crippen molar-refractivity contribution >= 4 is 5.91 Å². The summed E-state index contributed by atoms with van der Waals surface area (Å²) in [7, 11) is 0. The average molecular weight is 338 g/mol. The molecule has 0 spiro atoms. The lowest BCUT2D eigenvalue weighted by atomic mass is 9.91. The molecule has 8 nitrogen and oxygen atoms in total. The van der Waals surface area contributed by atoms with Gasteiger partial charge < -0.3 is 9.73 Å². The molecule has 128 valence electrons. The van der Waals surface area contributed by atoms with E-state index in [0.717, 1.165) is 36.9 Å². The van der Waals surface area contributed by atoms with Gasteiger partial charge in [0.1, 0.15) is 6.33 Å². The van der Waals surface area contributed by atoms with Crippen LogP contribution in [-0.4, -0.2) is 36.7 Å². The van der Waals surface area contributed by atoms with E-state index in [9.17, 15) is 4.79 Å². The molecular weight excluding hydrogens is 320 g/mol. The highest BCUT2D eigenvalue weighted by Crippen LogP contribution is 2.29. The van der Waals surface area contributed by atoms with Crippen molar-refractivity contribution < 1.29 is 9.21 Å². The molecule has 3 aromatic rings. The van der Waals surface area contributed by atoms with Crippen molar-refractivity contribution in [1.82, 2.24) is 30.0 Å². The second-order valence-electron chi connectivity index (χ2n) is 6.15. The van der Waals surface area contributed by atoms with Crippen LogP contribution in [0, 0.1) is 0 Å². The van der Waals surface area contributed by atoms with Gasteiger partial charge in [-0.3, -0.25) is 9.48 Å². The van der Waals surface area contributed by atoms with E-state index in [4.69, 9.17) is 4.42 Å². The number of rotatable bonds is 4. The lowest BCUT2D eigenvalue weighted by molar-refractivity contribution is 0.0893. The molecule has 25 heavy (non-hydrogen) atoms. The summed E-state index contributed by atoms with van der Waals surface area (Å²) in [6, 6.07) is 2.37. The third kappa shape index (κ3) is 3.42. The molecule has 1 saturated carbocycles. The first kappa shape index (κ1) is 15.5. The highest BCUT2D eigenvalue weighted by Gasteiger charge is 2.25. The van der Waals surface area contributed by atoms with Crippen LogP contribution >= 0.6 is 0 Å². The van der Waals surface area contributed by atoms with Crippen LogP contribution in [0.3, 0.4) is 0 Å². The predicted molar refractivity (Wildman–Crippen MR) is 88.5 cm³/mol. The number of nitrogens with one attached hydrogen (secondary N) is 1. The minimum Gasteiger partial charge on any atom is -0.438 e. The maximum Gasteiger partial charge on any atom is 0.288 e. The van der Waals surface area contributed by atoms with Crippen molar-refractivity contribution in [3.05, 3.63) is 49.3 Å². The van der Waals surface area contributed by atoms with Crippen molar-refractivity contribution in [1.29, 1.82) is 0 Å². The molecule has 4 rings (SSSR count). The van der Waals surface area contributed by atoms with Crippen LogP contribution in [-0.2, 0) is 0 Å². The number of aromatic nitrogens is 5. The summed E-state index contributed by atoms with van der Waals surface area (Å²) < 4.78 is 7.03. The van der Waals surface area contributed by atoms with E-state index in [1.165, 1.54) is 18.9 Å². The van der Waals surface area contributed by atoms with Crippen LogP contribution in [0.1, 0.15) is 42.3 Å². The van der Waals surface area contributed by atoms with Crippen molar-refractivity contribution in [2.75, 3.05) is 0 Å². The Morgan fingerprint density at radius 2 is 2.08 bits per heavy atom. The van der Waals surface area contributed by atoms with Gasteiger partial charge in [-0.25, -0.2) is 15.0 Å². The van der Waals surface area contributed by atoms with Crippen LogP contribution in [0.25, 0.3) is 11.3 Å². The van der Waals surface area contributed by atoms with Gasteiger partial charge in [-0.2, -0.15) is 5.10 Å². The molecule has 0 unspecified atom stereocenters. The van der Waals surface area contributed by atoms with Crippen molar-refractivity contribution in [3.63, 3.8) is 0 Å². The van der Waals surface area contributed by atoms with Gasteiger partial charge in [-0.15, -0.1) is 0 Å². The Hall–Kier alpha value is -3.03. The Balaban J connectivity index is 1.34. The molecular formula is C17H18N6O2. The summed E-state index contributed by atoms with van der Waals surface area (Å²) in [5, 5.41) is 7.49. The van der Waals surface area contributed by atoms with Gasteiger partial charge in [0.05, 0.1) is 24.1 Å². The average Bonchev–Trinajstić information content (AvgIpc) is 3.35. The van der Waals surface area contributed by atoms with E-state index in [1.54, 1.807) is 6.20 Å². The van der Waals surface area contributed by atoms with E-state index in [1.807, 2.05) is 23.1 Å². The maximum absolute atomic E-state index is 12.0. The van der Waals surface area contributed by atoms with Gasteiger partial charge in [0, 0.05) is 24.0 Å². The smallest absolute Gasteiger partial charge is 0.288 e. The first-order valence-electron chi connectivity index (χ1n) is 8.29. The third-order valence-corrected chi connectivity index (χ3v) is 4.54. The Kier molecular flexibility index (Phi) is 4.24. The highest BCUT2D eigenvalue weighted by molar-refractivity contribution is 5.91. The summed E-state index contributed by atoms with van der Waals surface area (Å²) >= 11 is 0. The predicted octanol–water partition coefficient (Wildman–Crippen LogP) is 2.24. The molecule has 3 aromatic heterocycles. The number of nitrogens with zero attached hydrogens (tertiary/aromatic N) is 5. The summed E-state index contributed by atoms with van der Waals surface area (Å²) in [6.07, 6.45) is 13.6. The largest absolute Gasteiger partial charge is 0.438 e. The Bertz CT molecular complexity index is 822. The molecule has 3 heterocycles. The zero-order valence-electron chi connectivity index (χ0n) is 13.6. The fraction of sp³-hybridized carbons (Fsp3) is 0.353. The third-order valence-electron chi connectivity index (χ3n) is 4.54. The quantitative estimate of drug-likeness (QED) is 0.783. The number of amides is 1. The molecule has 1 aliphatic rings. The van der Waals surface area contributed by atoms with Crippen LogP contribution in [0.5, 0.6) is 0 Å². The molecule has 0 aliphatic heterocycles. The van der Waals surface area contributed by atoms with Crippen LogP contribution in [0.4, 0.5) is 0 Å². The summed E-state index contributed by atoms with van der Waals surface area (Å²) in [5.41, 5.74) is 1.86. The molecule has 0 atom stereocenters. The van der Waals surface area contributed by atoms with E-state index in [0.29, 0.717) is 6.04 Å². The summed E-state index contributed by atoms with van der Waals surface area (Å²) in [6.45, 7) is 0. The lowest BCUT2D eigenvalue weighted by Crippen LogP contribution is -2.37. The minimum absolute atomic E-state index is 0.158. The van der Waals surface area contributed by atoms with Gasteiger partial charge in [0.15, 0.2) is 6.39 Å². The molecule has 0 radical (unpaired) electrons. The SMILES string of the molecule is O=C(NC1CCC(n2cc(-c3ccncn3)cn2)CC1)c1cnco1. The number of carbonyl (C=O) groups is 1. The number of carbonyl (C=O) groups excluding carboxylic acids is 1. The fourth-order valence-corrected chi connectivity index (χ4v) is 3.20. The van der Waals surface area contributed by atoms with Gasteiger partial charge >= 0.3 is 0 Å². The Labute approximate surface area is 144 Å². The van der Waals surface area contributed by atoms with Gasteiger partial charge in [0.2, 0.25) is 5.76 Å². The maximum atomic E-state index is 12.0. The van der Waals surface area contributed by atoms with Crippen LogP contribution < -0.4 is 5.32 Å². The second kappa shape index (κ2) is 6.84. The molecule has 1 N–H and O–H groups in total. The van der Waals surface area contributed by atoms with Gasteiger partial charge in [-0.1, -0.05) is 0 Å². The zero-order valence-corrected chi connectivity index (χ0v) is 13.6. The summed E-state index contributed by atoms with van der Waals surface area (Å²) in [4.78, 5) is 24.0. The Morgan fingerprint density at radius 3 is 2.80 bits per heavy atom. The van der Waals surface area contributed by atoms with Crippen molar-refractivity contribution in [2.24, 2.45) is 0 Å². The van der Waals surface area contributed by atoms with E-state index in [2.05, 4.69) is 25.4 Å². The van der Waals surface area contributed by atoms with Gasteiger partial charge in [0.25, 0.3) is 5.91 Å². The van der Waals surface area contributed by atoms with Gasteiger partial charge in [-0.05, 0) is 31.7 Å². The Morgan fingerprint density at radius 1 is 1.20 bits per heavy atom. The monoisotopic (exact) mass is 338 g/mol. The molecule has 1 fully saturated rings. The van der Waals surface area contributed by atoms with Crippen molar-refractivity contribution in [3.8, 4) is 11.3 Å². The van der Waals surface area contributed by atoms with Crippen LogP contribution in [0.2, 0.25) is 0 Å². The minimum atomic E-state index is -0.203. The molecule has 8 heteroatoms. The molecule has 0 saturated heterocycles. The molecule has 0 aromatic carbocycles. The molecule has 1 amide bonds. The number of hydrogen-bond donors (Lipinski definition) is 1. The van der Waals surface area contributed by atoms with Crippen LogP contribution in [0.15, 0.2) is 48.0 Å². The highest BCUT2D eigenvalue weighted by atomic mass is 16.3. The van der Waals surface area contributed by atoms with E-state index >= 15 is 0 Å². The first-order chi connectivity index (χ1) is 12.3. The standard InChI is InChI=1S/C17H18N6O2/c24-17(16-8-19-11-25-16)22-13-1-3-14(4-2-13)23-9-12(7-21-23)15-5-6-18-10-20-15/h5-11,13-14H,1-4H2,(H,22,24). The second-order valence-corrected chi connectivity index (χ2v) is 6.15. The summed E-state index contributed by atoms with van der Waals surface area (Å²) in [5.74, 6) is 0.0507. The number of oxazole rings is 1. The zero-order chi connectivity index (χ0) is 17.1. The molecule has 1 aliphatic carbocycles. The molecule has 0 bridgehead atoms. The lowest BCUT2D eigenvalue weighted by Gasteiger charge is -2.29. The number of hydrogen-bond acceptors (Lipinski definition) is 6. The van der Waals surface area contributed by atoms with E-state index < -0.39 is 0 Å². The topological polar surface area (TPSA) is 98.7 Å². The van der Waals surface area contributed by atoms with E-state index in [-0.39, 0.29) is 17.7 Å².